The van der Waals surface area contributed by atoms with Crippen molar-refractivity contribution < 1.29 is 4.79 Å². The summed E-state index contributed by atoms with van der Waals surface area (Å²) in [5.74, 6) is 0.251. The van der Waals surface area contributed by atoms with E-state index < -0.39 is 0 Å². The highest BCUT2D eigenvalue weighted by Gasteiger charge is 2.25. The molecule has 0 aliphatic carbocycles. The Morgan fingerprint density at radius 3 is 3.00 bits per heavy atom. The number of aromatic nitrogens is 3. The van der Waals surface area contributed by atoms with Crippen molar-refractivity contribution in [2.45, 2.75) is 39.2 Å². The number of para-hydroxylation sites is 1. The Labute approximate surface area is 152 Å². The van der Waals surface area contributed by atoms with E-state index in [4.69, 9.17) is 0 Å². The minimum atomic E-state index is 0.0782. The van der Waals surface area contributed by atoms with Gasteiger partial charge in [-0.05, 0) is 32.4 Å². The Kier molecular flexibility index (Phi) is 4.20. The molecular weight excluding hydrogens is 326 g/mol. The molecule has 1 amide bonds. The molecule has 26 heavy (non-hydrogen) atoms. The van der Waals surface area contributed by atoms with Crippen molar-refractivity contribution in [1.82, 2.24) is 19.9 Å². The molecule has 1 aromatic carbocycles. The molecule has 2 atom stereocenters. The van der Waals surface area contributed by atoms with E-state index in [1.807, 2.05) is 41.9 Å². The van der Waals surface area contributed by atoms with Crippen LogP contribution in [0.15, 0.2) is 36.5 Å². The van der Waals surface area contributed by atoms with Gasteiger partial charge in [-0.15, -0.1) is 0 Å². The van der Waals surface area contributed by atoms with Crippen LogP contribution in [0.5, 0.6) is 0 Å². The number of nitrogens with one attached hydrogen (secondary N) is 2. The first-order chi connectivity index (χ1) is 12.5. The van der Waals surface area contributed by atoms with Gasteiger partial charge in [-0.3, -0.25) is 4.79 Å². The zero-order valence-electron chi connectivity index (χ0n) is 15.3. The molecule has 6 heteroatoms. The highest BCUT2D eigenvalue weighted by Crippen LogP contribution is 2.32. The molecule has 2 aromatic heterocycles. The van der Waals surface area contributed by atoms with Crippen molar-refractivity contribution in [1.29, 1.82) is 0 Å². The van der Waals surface area contributed by atoms with E-state index in [0.29, 0.717) is 6.42 Å². The molecule has 4 rings (SSSR count). The fourth-order valence-corrected chi connectivity index (χ4v) is 3.71. The van der Waals surface area contributed by atoms with Crippen molar-refractivity contribution in [3.8, 4) is 0 Å². The van der Waals surface area contributed by atoms with Gasteiger partial charge >= 0.3 is 0 Å². The Hall–Kier alpha value is -2.73. The first kappa shape index (κ1) is 16.7. The van der Waals surface area contributed by atoms with Gasteiger partial charge in [0.2, 0.25) is 5.91 Å². The van der Waals surface area contributed by atoms with Gasteiger partial charge in [0.05, 0.1) is 5.69 Å². The maximum absolute atomic E-state index is 12.0. The lowest BCUT2D eigenvalue weighted by Gasteiger charge is -2.27. The van der Waals surface area contributed by atoms with E-state index in [-0.39, 0.29) is 17.9 Å². The quantitative estimate of drug-likeness (QED) is 0.759. The van der Waals surface area contributed by atoms with Crippen LogP contribution in [-0.2, 0) is 4.79 Å². The van der Waals surface area contributed by atoms with Crippen LogP contribution in [-0.4, -0.2) is 27.0 Å². The molecule has 1 aliphatic rings. The number of benzene rings is 1. The van der Waals surface area contributed by atoms with E-state index in [1.54, 1.807) is 0 Å². The SMILES string of the molecule is Cc1cc2ncc([C@H](C)NC[C@@H]3CC(=O)Nc4ccccc43)c(C)n2n1. The van der Waals surface area contributed by atoms with Gasteiger partial charge in [0.25, 0.3) is 0 Å². The van der Waals surface area contributed by atoms with Gasteiger partial charge in [0.1, 0.15) is 0 Å². The topological polar surface area (TPSA) is 71.3 Å². The minimum Gasteiger partial charge on any atom is -0.326 e. The number of aryl methyl sites for hydroxylation is 2. The van der Waals surface area contributed by atoms with Crippen LogP contribution in [0.2, 0.25) is 0 Å². The molecule has 0 saturated carbocycles. The predicted molar refractivity (Wildman–Crippen MR) is 101 cm³/mol. The fraction of sp³-hybridized carbons (Fsp3) is 0.350. The van der Waals surface area contributed by atoms with Crippen LogP contribution in [0.1, 0.15) is 47.8 Å². The van der Waals surface area contributed by atoms with Crippen molar-refractivity contribution >= 4 is 17.2 Å². The number of amides is 1. The second-order valence-corrected chi connectivity index (χ2v) is 7.02. The molecule has 6 nitrogen and oxygen atoms in total. The highest BCUT2D eigenvalue weighted by atomic mass is 16.1. The second kappa shape index (κ2) is 6.53. The molecule has 3 aromatic rings. The predicted octanol–water partition coefficient (Wildman–Crippen LogP) is 3.12. The van der Waals surface area contributed by atoms with Gasteiger partial charge in [-0.2, -0.15) is 5.10 Å². The standard InChI is InChI=1S/C20H23N5O/c1-12-8-19-22-11-17(14(3)25(19)24-12)13(2)21-10-15-9-20(26)23-18-7-5-4-6-16(15)18/h4-8,11,13,15,21H,9-10H2,1-3H3,(H,23,26)/t13-,15-/m0/s1. The monoisotopic (exact) mass is 349 g/mol. The first-order valence-corrected chi connectivity index (χ1v) is 8.97. The summed E-state index contributed by atoms with van der Waals surface area (Å²) in [5.41, 5.74) is 6.16. The molecule has 0 bridgehead atoms. The van der Waals surface area contributed by atoms with E-state index in [2.05, 4.69) is 40.6 Å². The summed E-state index contributed by atoms with van der Waals surface area (Å²) in [6, 6.07) is 10.1. The number of carbonyl (C=O) groups excluding carboxylic acids is 1. The van der Waals surface area contributed by atoms with Crippen LogP contribution in [0, 0.1) is 13.8 Å². The lowest BCUT2D eigenvalue weighted by molar-refractivity contribution is -0.116. The Balaban J connectivity index is 1.53. The Morgan fingerprint density at radius 1 is 1.35 bits per heavy atom. The second-order valence-electron chi connectivity index (χ2n) is 7.02. The van der Waals surface area contributed by atoms with Crippen LogP contribution < -0.4 is 10.6 Å². The van der Waals surface area contributed by atoms with Crippen LogP contribution in [0.4, 0.5) is 5.69 Å². The number of hydrogen-bond donors (Lipinski definition) is 2. The van der Waals surface area contributed by atoms with Crippen molar-refractivity contribution in [2.24, 2.45) is 0 Å². The summed E-state index contributed by atoms with van der Waals surface area (Å²) >= 11 is 0. The van der Waals surface area contributed by atoms with E-state index in [9.17, 15) is 4.79 Å². The third kappa shape index (κ3) is 2.97. The van der Waals surface area contributed by atoms with Gasteiger partial charge < -0.3 is 10.6 Å². The molecule has 1 aliphatic heterocycles. The number of hydrogen-bond acceptors (Lipinski definition) is 4. The fourth-order valence-electron chi connectivity index (χ4n) is 3.71. The summed E-state index contributed by atoms with van der Waals surface area (Å²) in [6.07, 6.45) is 2.43. The summed E-state index contributed by atoms with van der Waals surface area (Å²) in [4.78, 5) is 16.5. The van der Waals surface area contributed by atoms with Crippen LogP contribution >= 0.6 is 0 Å². The summed E-state index contributed by atoms with van der Waals surface area (Å²) < 4.78 is 1.90. The maximum atomic E-state index is 12.0. The van der Waals surface area contributed by atoms with E-state index in [1.165, 1.54) is 5.56 Å². The molecular formula is C20H23N5O. The Bertz CT molecular complexity index is 977. The molecule has 0 fully saturated rings. The largest absolute Gasteiger partial charge is 0.326 e. The zero-order valence-corrected chi connectivity index (χ0v) is 15.3. The highest BCUT2D eigenvalue weighted by molar-refractivity contribution is 5.94. The number of nitrogens with zero attached hydrogens (tertiary/aromatic N) is 3. The summed E-state index contributed by atoms with van der Waals surface area (Å²) in [6.45, 7) is 6.90. The van der Waals surface area contributed by atoms with Crippen molar-refractivity contribution in [3.63, 3.8) is 0 Å². The van der Waals surface area contributed by atoms with E-state index in [0.717, 1.165) is 34.8 Å². The number of fused-ring (bicyclic) bond motifs is 2. The number of carbonyl (C=O) groups is 1. The van der Waals surface area contributed by atoms with Crippen LogP contribution in [0.25, 0.3) is 5.65 Å². The Morgan fingerprint density at radius 2 is 2.15 bits per heavy atom. The summed E-state index contributed by atoms with van der Waals surface area (Å²) in [7, 11) is 0. The molecule has 0 saturated heterocycles. The van der Waals surface area contributed by atoms with Crippen molar-refractivity contribution in [2.75, 3.05) is 11.9 Å². The maximum Gasteiger partial charge on any atom is 0.225 e. The van der Waals surface area contributed by atoms with Crippen LogP contribution in [0.3, 0.4) is 0 Å². The average molecular weight is 349 g/mol. The average Bonchev–Trinajstić information content (AvgIpc) is 3.01. The van der Waals surface area contributed by atoms with E-state index >= 15 is 0 Å². The first-order valence-electron chi connectivity index (χ1n) is 8.97. The number of anilines is 1. The normalized spacial score (nSPS) is 17.8. The van der Waals surface area contributed by atoms with Gasteiger partial charge in [-0.25, -0.2) is 9.50 Å². The molecule has 0 spiro atoms. The zero-order chi connectivity index (χ0) is 18.3. The molecule has 134 valence electrons. The molecule has 2 N–H and O–H groups in total. The van der Waals surface area contributed by atoms with Gasteiger partial charge in [-0.1, -0.05) is 18.2 Å². The third-order valence-corrected chi connectivity index (χ3v) is 5.13. The lowest BCUT2D eigenvalue weighted by Crippen LogP contribution is -2.31. The van der Waals surface area contributed by atoms with Crippen molar-refractivity contribution in [3.05, 3.63) is 59.0 Å². The molecule has 3 heterocycles. The minimum absolute atomic E-state index is 0.0782. The molecule has 0 radical (unpaired) electrons. The number of rotatable bonds is 4. The third-order valence-electron chi connectivity index (χ3n) is 5.13. The van der Waals surface area contributed by atoms with Gasteiger partial charge in [0.15, 0.2) is 5.65 Å². The lowest BCUT2D eigenvalue weighted by atomic mass is 9.90. The molecule has 0 unspecified atom stereocenters. The van der Waals surface area contributed by atoms with Gasteiger partial charge in [0, 0.05) is 54.1 Å². The smallest absolute Gasteiger partial charge is 0.225 e. The summed E-state index contributed by atoms with van der Waals surface area (Å²) in [5, 5.41) is 11.1.